The first kappa shape index (κ1) is 20.9. The smallest absolute Gasteiger partial charge is 0.322 e. The number of aromatic nitrogens is 3. The number of aromatic hydroxyl groups is 2. The molecular formula is C26H31N3O3. The molecule has 1 aromatic heterocycles. The molecule has 2 aliphatic rings. The van der Waals surface area contributed by atoms with Crippen molar-refractivity contribution < 1.29 is 14.9 Å². The molecular weight excluding hydrogens is 402 g/mol. The summed E-state index contributed by atoms with van der Waals surface area (Å²) in [7, 11) is 0. The van der Waals surface area contributed by atoms with Crippen molar-refractivity contribution in [2.75, 3.05) is 6.61 Å². The average molecular weight is 434 g/mol. The molecule has 5 rings (SSSR count). The van der Waals surface area contributed by atoms with Crippen LogP contribution in [0.15, 0.2) is 30.3 Å². The number of phenols is 2. The van der Waals surface area contributed by atoms with Gasteiger partial charge >= 0.3 is 6.01 Å². The Kier molecular flexibility index (Phi) is 5.53. The summed E-state index contributed by atoms with van der Waals surface area (Å²) in [5.74, 6) is 1.23. The van der Waals surface area contributed by atoms with Gasteiger partial charge in [0.25, 0.3) is 0 Å². The third-order valence-corrected chi connectivity index (χ3v) is 6.90. The van der Waals surface area contributed by atoms with Gasteiger partial charge in [-0.05, 0) is 78.8 Å². The molecule has 32 heavy (non-hydrogen) atoms. The SMILES string of the molecule is CC(C)c1cc(-c2nnc(OCC3CCCC3)n2-c2ccc3c(c2)CCC3)c(O)cc1O. The van der Waals surface area contributed by atoms with Crippen LogP contribution >= 0.6 is 0 Å². The number of aryl methyl sites for hydroxylation is 2. The number of hydrogen-bond acceptors (Lipinski definition) is 5. The molecule has 0 saturated heterocycles. The Morgan fingerprint density at radius 1 is 0.969 bits per heavy atom. The fourth-order valence-electron chi connectivity index (χ4n) is 5.07. The minimum atomic E-state index is -0.0240. The first-order valence-corrected chi connectivity index (χ1v) is 11.8. The Hall–Kier alpha value is -3.02. The fourth-order valence-corrected chi connectivity index (χ4v) is 5.07. The Morgan fingerprint density at radius 2 is 1.75 bits per heavy atom. The van der Waals surface area contributed by atoms with Gasteiger partial charge in [-0.3, -0.25) is 0 Å². The van der Waals surface area contributed by atoms with E-state index in [1.165, 1.54) is 49.3 Å². The number of nitrogens with zero attached hydrogens (tertiary/aromatic N) is 3. The van der Waals surface area contributed by atoms with Gasteiger partial charge < -0.3 is 14.9 Å². The van der Waals surface area contributed by atoms with E-state index in [0.717, 1.165) is 24.1 Å². The maximum Gasteiger partial charge on any atom is 0.322 e. The number of phenolic OH excluding ortho intramolecular Hbond substituents is 2. The predicted octanol–water partition coefficient (Wildman–Crippen LogP) is 5.53. The summed E-state index contributed by atoms with van der Waals surface area (Å²) < 4.78 is 8.10. The molecule has 3 aromatic rings. The van der Waals surface area contributed by atoms with Crippen molar-refractivity contribution in [2.24, 2.45) is 5.92 Å². The van der Waals surface area contributed by atoms with E-state index in [9.17, 15) is 10.2 Å². The molecule has 2 aliphatic carbocycles. The van der Waals surface area contributed by atoms with E-state index in [2.05, 4.69) is 28.4 Å². The van der Waals surface area contributed by atoms with Crippen molar-refractivity contribution in [1.29, 1.82) is 0 Å². The van der Waals surface area contributed by atoms with Gasteiger partial charge in [0.15, 0.2) is 5.82 Å². The van der Waals surface area contributed by atoms with Crippen molar-refractivity contribution in [3.8, 4) is 34.6 Å². The van der Waals surface area contributed by atoms with E-state index < -0.39 is 0 Å². The average Bonchev–Trinajstić information content (AvgIpc) is 3.51. The fraction of sp³-hybridized carbons (Fsp3) is 0.462. The number of benzene rings is 2. The summed E-state index contributed by atoms with van der Waals surface area (Å²) in [5.41, 5.74) is 4.98. The van der Waals surface area contributed by atoms with Crippen LogP contribution in [0.4, 0.5) is 0 Å². The number of fused-ring (bicyclic) bond motifs is 1. The molecule has 0 amide bonds. The van der Waals surface area contributed by atoms with E-state index in [-0.39, 0.29) is 17.4 Å². The van der Waals surface area contributed by atoms with Gasteiger partial charge in [-0.15, -0.1) is 5.10 Å². The summed E-state index contributed by atoms with van der Waals surface area (Å²) in [6, 6.07) is 10.1. The zero-order valence-electron chi connectivity index (χ0n) is 18.8. The highest BCUT2D eigenvalue weighted by molar-refractivity contribution is 5.70. The molecule has 6 nitrogen and oxygen atoms in total. The molecule has 0 aliphatic heterocycles. The minimum absolute atomic E-state index is 0.0240. The molecule has 168 valence electrons. The van der Waals surface area contributed by atoms with Gasteiger partial charge in [0, 0.05) is 6.07 Å². The van der Waals surface area contributed by atoms with Crippen molar-refractivity contribution >= 4 is 0 Å². The summed E-state index contributed by atoms with van der Waals surface area (Å²) in [4.78, 5) is 0. The summed E-state index contributed by atoms with van der Waals surface area (Å²) in [5, 5.41) is 29.8. The lowest BCUT2D eigenvalue weighted by atomic mass is 9.98. The van der Waals surface area contributed by atoms with Gasteiger partial charge in [0.1, 0.15) is 11.5 Å². The van der Waals surface area contributed by atoms with Crippen LogP contribution in [0.2, 0.25) is 0 Å². The first-order chi connectivity index (χ1) is 15.5. The minimum Gasteiger partial charge on any atom is -0.508 e. The molecule has 2 N–H and O–H groups in total. The Bertz CT molecular complexity index is 1130. The Labute approximate surface area is 188 Å². The highest BCUT2D eigenvalue weighted by Crippen LogP contribution is 2.39. The van der Waals surface area contributed by atoms with Crippen LogP contribution in [-0.4, -0.2) is 31.6 Å². The second-order valence-electron chi connectivity index (χ2n) is 9.49. The zero-order valence-corrected chi connectivity index (χ0v) is 18.8. The van der Waals surface area contributed by atoms with E-state index in [0.29, 0.717) is 29.9 Å². The molecule has 0 spiro atoms. The van der Waals surface area contributed by atoms with Crippen LogP contribution in [0.25, 0.3) is 17.1 Å². The molecule has 0 radical (unpaired) electrons. The molecule has 2 aromatic carbocycles. The summed E-state index contributed by atoms with van der Waals surface area (Å²) >= 11 is 0. The lowest BCUT2D eigenvalue weighted by molar-refractivity contribution is 0.230. The molecule has 0 unspecified atom stereocenters. The third kappa shape index (κ3) is 3.83. The largest absolute Gasteiger partial charge is 0.508 e. The highest BCUT2D eigenvalue weighted by atomic mass is 16.5. The second-order valence-corrected chi connectivity index (χ2v) is 9.49. The number of rotatable bonds is 6. The van der Waals surface area contributed by atoms with E-state index in [1.54, 1.807) is 0 Å². The molecule has 1 fully saturated rings. The number of ether oxygens (including phenoxy) is 1. The topological polar surface area (TPSA) is 80.4 Å². The van der Waals surface area contributed by atoms with E-state index in [4.69, 9.17) is 4.74 Å². The van der Waals surface area contributed by atoms with Gasteiger partial charge in [0.2, 0.25) is 0 Å². The summed E-state index contributed by atoms with van der Waals surface area (Å²) in [6.45, 7) is 4.65. The van der Waals surface area contributed by atoms with Crippen LogP contribution in [-0.2, 0) is 12.8 Å². The molecule has 0 atom stereocenters. The monoisotopic (exact) mass is 433 g/mol. The maximum atomic E-state index is 10.7. The zero-order chi connectivity index (χ0) is 22.2. The van der Waals surface area contributed by atoms with Gasteiger partial charge in [-0.2, -0.15) is 0 Å². The van der Waals surface area contributed by atoms with Crippen molar-refractivity contribution in [2.45, 2.75) is 64.7 Å². The van der Waals surface area contributed by atoms with Gasteiger partial charge in [0.05, 0.1) is 17.9 Å². The highest BCUT2D eigenvalue weighted by Gasteiger charge is 2.24. The van der Waals surface area contributed by atoms with Crippen LogP contribution in [0.1, 0.15) is 68.6 Å². The number of hydrogen-bond donors (Lipinski definition) is 2. The third-order valence-electron chi connectivity index (χ3n) is 6.90. The Morgan fingerprint density at radius 3 is 2.53 bits per heavy atom. The normalized spacial score (nSPS) is 16.1. The van der Waals surface area contributed by atoms with Gasteiger partial charge in [-0.1, -0.05) is 37.9 Å². The van der Waals surface area contributed by atoms with Crippen molar-refractivity contribution in [3.63, 3.8) is 0 Å². The van der Waals surface area contributed by atoms with Crippen LogP contribution < -0.4 is 4.74 Å². The molecule has 0 bridgehead atoms. The molecule has 1 heterocycles. The van der Waals surface area contributed by atoms with E-state index in [1.807, 2.05) is 24.5 Å². The first-order valence-electron chi connectivity index (χ1n) is 11.8. The lowest BCUT2D eigenvalue weighted by Crippen LogP contribution is -2.11. The quantitative estimate of drug-likeness (QED) is 0.534. The maximum absolute atomic E-state index is 10.7. The van der Waals surface area contributed by atoms with E-state index >= 15 is 0 Å². The van der Waals surface area contributed by atoms with Crippen LogP contribution in [0.5, 0.6) is 17.5 Å². The van der Waals surface area contributed by atoms with Crippen molar-refractivity contribution in [1.82, 2.24) is 14.8 Å². The predicted molar refractivity (Wildman–Crippen MR) is 124 cm³/mol. The summed E-state index contributed by atoms with van der Waals surface area (Å²) in [6.07, 6.45) is 8.27. The molecule has 6 heteroatoms. The second kappa shape index (κ2) is 8.49. The van der Waals surface area contributed by atoms with Crippen molar-refractivity contribution in [3.05, 3.63) is 47.0 Å². The Balaban J connectivity index is 1.61. The van der Waals surface area contributed by atoms with Crippen LogP contribution in [0, 0.1) is 5.92 Å². The lowest BCUT2D eigenvalue weighted by Gasteiger charge is -2.16. The molecule has 1 saturated carbocycles. The van der Waals surface area contributed by atoms with Crippen LogP contribution in [0.3, 0.4) is 0 Å². The van der Waals surface area contributed by atoms with Gasteiger partial charge in [-0.25, -0.2) is 4.57 Å². The standard InChI is InChI=1S/C26H31N3O3/c1-16(2)21-13-22(24(31)14-23(21)30)25-27-28-26(32-15-17-6-3-4-7-17)29(25)20-11-10-18-8-5-9-19(18)12-20/h10-14,16-17,30-31H,3-9,15H2,1-2H3.